The van der Waals surface area contributed by atoms with Crippen molar-refractivity contribution in [3.05, 3.63) is 71.8 Å². The number of nitrogens with zero attached hydrogens (tertiary/aromatic N) is 1. The van der Waals surface area contributed by atoms with E-state index in [1.807, 2.05) is 36.4 Å². The molecule has 0 aliphatic rings. The number of methoxy groups -OCH3 is 1. The number of hydrogen-bond acceptors (Lipinski definition) is 4. The molecule has 0 saturated carbocycles. The van der Waals surface area contributed by atoms with Crippen LogP contribution in [0.4, 0.5) is 5.69 Å². The first kappa shape index (κ1) is 15.6. The lowest BCUT2D eigenvalue weighted by molar-refractivity contribution is 0.0697. The fraction of sp³-hybridized carbons (Fsp3) is 0.0526. The number of benzene rings is 3. The summed E-state index contributed by atoms with van der Waals surface area (Å²) in [6.07, 6.45) is 1.68. The zero-order valence-electron chi connectivity index (χ0n) is 13.1. The number of anilines is 1. The van der Waals surface area contributed by atoms with Crippen molar-refractivity contribution in [2.75, 3.05) is 12.5 Å². The molecule has 3 aromatic rings. The first-order chi connectivity index (χ1) is 11.7. The third-order valence-corrected chi connectivity index (χ3v) is 3.65. The van der Waals surface area contributed by atoms with E-state index in [0.29, 0.717) is 5.69 Å². The number of carboxylic acids is 1. The van der Waals surface area contributed by atoms with E-state index in [2.05, 4.69) is 10.5 Å². The molecule has 0 aromatic heterocycles. The molecular weight excluding hydrogens is 304 g/mol. The molecule has 0 atom stereocenters. The summed E-state index contributed by atoms with van der Waals surface area (Å²) in [5.74, 6) is -0.253. The van der Waals surface area contributed by atoms with Crippen LogP contribution in [0.1, 0.15) is 15.9 Å². The summed E-state index contributed by atoms with van der Waals surface area (Å²) in [4.78, 5) is 11.0. The first-order valence-electron chi connectivity index (χ1n) is 7.37. The zero-order valence-corrected chi connectivity index (χ0v) is 13.1. The molecule has 3 aromatic carbocycles. The number of carbonyl (C=O) groups is 1. The molecule has 24 heavy (non-hydrogen) atoms. The lowest BCUT2D eigenvalue weighted by atomic mass is 10.0. The Kier molecular flexibility index (Phi) is 4.43. The van der Waals surface area contributed by atoms with E-state index in [0.717, 1.165) is 22.1 Å². The zero-order chi connectivity index (χ0) is 16.9. The van der Waals surface area contributed by atoms with E-state index in [1.54, 1.807) is 25.5 Å². The van der Waals surface area contributed by atoms with Crippen LogP contribution in [0.15, 0.2) is 65.8 Å². The summed E-state index contributed by atoms with van der Waals surface area (Å²) in [7, 11) is 1.62. The lowest BCUT2D eigenvalue weighted by Gasteiger charge is -2.08. The Balaban J connectivity index is 1.90. The van der Waals surface area contributed by atoms with Gasteiger partial charge in [-0.25, -0.2) is 4.79 Å². The summed E-state index contributed by atoms with van der Waals surface area (Å²) < 4.78 is 5.41. The molecule has 5 heteroatoms. The van der Waals surface area contributed by atoms with E-state index in [-0.39, 0.29) is 5.56 Å². The molecular formula is C19H16N2O3. The van der Waals surface area contributed by atoms with Crippen LogP contribution in [0.3, 0.4) is 0 Å². The van der Waals surface area contributed by atoms with Crippen molar-refractivity contribution in [1.29, 1.82) is 0 Å². The third kappa shape index (κ3) is 3.20. The van der Waals surface area contributed by atoms with Gasteiger partial charge >= 0.3 is 5.97 Å². The van der Waals surface area contributed by atoms with E-state index < -0.39 is 5.97 Å². The van der Waals surface area contributed by atoms with Gasteiger partial charge in [-0.3, -0.25) is 5.43 Å². The van der Waals surface area contributed by atoms with E-state index in [1.165, 1.54) is 12.1 Å². The highest BCUT2D eigenvalue weighted by Gasteiger charge is 2.06. The van der Waals surface area contributed by atoms with Crippen LogP contribution in [-0.2, 0) is 0 Å². The van der Waals surface area contributed by atoms with Gasteiger partial charge in [0.25, 0.3) is 0 Å². The Hall–Kier alpha value is -3.34. The van der Waals surface area contributed by atoms with Crippen LogP contribution in [0.5, 0.6) is 5.75 Å². The van der Waals surface area contributed by atoms with Gasteiger partial charge in [-0.15, -0.1) is 0 Å². The Morgan fingerprint density at radius 3 is 2.75 bits per heavy atom. The number of fused-ring (bicyclic) bond motifs is 1. The summed E-state index contributed by atoms with van der Waals surface area (Å²) in [5.41, 5.74) is 4.52. The molecule has 0 heterocycles. The second kappa shape index (κ2) is 6.83. The Labute approximate surface area is 139 Å². The smallest absolute Gasteiger partial charge is 0.335 e. The van der Waals surface area contributed by atoms with Crippen molar-refractivity contribution in [1.82, 2.24) is 0 Å². The Bertz CT molecular complexity index is 919. The molecule has 0 spiro atoms. The molecule has 0 bridgehead atoms. The SMILES string of the molecule is COc1ccc2ccccc2c1C=NNc1cccc(C(=O)O)c1. The highest BCUT2D eigenvalue weighted by atomic mass is 16.5. The maximum absolute atomic E-state index is 11.0. The van der Waals surface area contributed by atoms with Crippen molar-refractivity contribution < 1.29 is 14.6 Å². The summed E-state index contributed by atoms with van der Waals surface area (Å²) in [6, 6.07) is 18.3. The van der Waals surface area contributed by atoms with E-state index in [9.17, 15) is 4.79 Å². The topological polar surface area (TPSA) is 70.9 Å². The minimum Gasteiger partial charge on any atom is -0.496 e. The van der Waals surface area contributed by atoms with Gasteiger partial charge in [0.2, 0.25) is 0 Å². The lowest BCUT2D eigenvalue weighted by Crippen LogP contribution is -1.98. The molecule has 120 valence electrons. The Morgan fingerprint density at radius 1 is 1.12 bits per heavy atom. The Morgan fingerprint density at radius 2 is 1.96 bits per heavy atom. The normalized spacial score (nSPS) is 10.9. The molecule has 5 nitrogen and oxygen atoms in total. The van der Waals surface area contributed by atoms with Crippen molar-refractivity contribution in [2.24, 2.45) is 5.10 Å². The van der Waals surface area contributed by atoms with Crippen LogP contribution in [0, 0.1) is 0 Å². The van der Waals surface area contributed by atoms with Gasteiger partial charge in [-0.2, -0.15) is 5.10 Å². The average molecular weight is 320 g/mol. The highest BCUT2D eigenvalue weighted by molar-refractivity contribution is 6.02. The molecule has 2 N–H and O–H groups in total. The van der Waals surface area contributed by atoms with Crippen molar-refractivity contribution in [2.45, 2.75) is 0 Å². The van der Waals surface area contributed by atoms with Crippen molar-refractivity contribution in [3.8, 4) is 5.75 Å². The molecule has 0 radical (unpaired) electrons. The van der Waals surface area contributed by atoms with Crippen LogP contribution < -0.4 is 10.2 Å². The number of nitrogens with one attached hydrogen (secondary N) is 1. The van der Waals surface area contributed by atoms with Gasteiger partial charge in [0, 0.05) is 5.56 Å². The fourth-order valence-electron chi connectivity index (χ4n) is 2.48. The molecule has 0 aliphatic carbocycles. The third-order valence-electron chi connectivity index (χ3n) is 3.65. The minimum absolute atomic E-state index is 0.206. The number of aromatic carboxylic acids is 1. The van der Waals surface area contributed by atoms with Gasteiger partial charge in [-0.1, -0.05) is 36.4 Å². The number of hydrazone groups is 1. The second-order valence-electron chi connectivity index (χ2n) is 5.16. The molecule has 0 amide bonds. The fourth-order valence-corrected chi connectivity index (χ4v) is 2.48. The maximum Gasteiger partial charge on any atom is 0.335 e. The van der Waals surface area contributed by atoms with Crippen LogP contribution in [0.2, 0.25) is 0 Å². The summed E-state index contributed by atoms with van der Waals surface area (Å²) in [5, 5.41) is 15.4. The quantitative estimate of drug-likeness (QED) is 0.551. The van der Waals surface area contributed by atoms with Crippen LogP contribution in [-0.4, -0.2) is 24.4 Å². The van der Waals surface area contributed by atoms with Crippen LogP contribution >= 0.6 is 0 Å². The molecule has 0 unspecified atom stereocenters. The molecule has 0 saturated heterocycles. The molecule has 0 aliphatic heterocycles. The van der Waals surface area contributed by atoms with Gasteiger partial charge in [0.15, 0.2) is 0 Å². The standard InChI is InChI=1S/C19H16N2O3/c1-24-18-10-9-13-5-2-3-8-16(13)17(18)12-20-21-15-7-4-6-14(11-15)19(22)23/h2-12,21H,1H3,(H,22,23). The monoisotopic (exact) mass is 320 g/mol. The number of rotatable bonds is 5. The summed E-state index contributed by atoms with van der Waals surface area (Å²) >= 11 is 0. The number of ether oxygens (including phenoxy) is 1. The van der Waals surface area contributed by atoms with E-state index in [4.69, 9.17) is 9.84 Å². The second-order valence-corrected chi connectivity index (χ2v) is 5.16. The van der Waals surface area contributed by atoms with Crippen molar-refractivity contribution in [3.63, 3.8) is 0 Å². The predicted octanol–water partition coefficient (Wildman–Crippen LogP) is 3.99. The van der Waals surface area contributed by atoms with Gasteiger partial charge in [0.1, 0.15) is 5.75 Å². The first-order valence-corrected chi connectivity index (χ1v) is 7.37. The van der Waals surface area contributed by atoms with Gasteiger partial charge in [-0.05, 0) is 35.0 Å². The number of hydrogen-bond donors (Lipinski definition) is 2. The summed E-state index contributed by atoms with van der Waals surface area (Å²) in [6.45, 7) is 0. The number of carboxylic acid groups (broad SMARTS) is 1. The van der Waals surface area contributed by atoms with Gasteiger partial charge in [0.05, 0.1) is 24.6 Å². The molecule has 0 fully saturated rings. The average Bonchev–Trinajstić information content (AvgIpc) is 2.62. The predicted molar refractivity (Wildman–Crippen MR) is 95.1 cm³/mol. The minimum atomic E-state index is -0.974. The largest absolute Gasteiger partial charge is 0.496 e. The van der Waals surface area contributed by atoms with Gasteiger partial charge < -0.3 is 9.84 Å². The molecule has 3 rings (SSSR count). The van der Waals surface area contributed by atoms with Crippen molar-refractivity contribution >= 4 is 28.6 Å². The van der Waals surface area contributed by atoms with E-state index >= 15 is 0 Å². The highest BCUT2D eigenvalue weighted by Crippen LogP contribution is 2.26. The maximum atomic E-state index is 11.0. The van der Waals surface area contributed by atoms with Crippen LogP contribution in [0.25, 0.3) is 10.8 Å².